The summed E-state index contributed by atoms with van der Waals surface area (Å²) in [6.07, 6.45) is 7.07. The predicted molar refractivity (Wildman–Crippen MR) is 100 cm³/mol. The molecule has 0 heterocycles. The smallest absolute Gasteiger partial charge is 0.0991 e. The van der Waals surface area contributed by atoms with E-state index in [1.54, 1.807) is 0 Å². The van der Waals surface area contributed by atoms with Gasteiger partial charge in [0.25, 0.3) is 0 Å². The summed E-state index contributed by atoms with van der Waals surface area (Å²) in [6, 6.07) is 10.2. The third kappa shape index (κ3) is 7.87. The molecule has 0 aromatic heterocycles. The maximum Gasteiger partial charge on any atom is 0.0991 e. The van der Waals surface area contributed by atoms with Crippen LogP contribution in [0.15, 0.2) is 35.6 Å². The van der Waals surface area contributed by atoms with E-state index in [4.69, 9.17) is 5.26 Å². The van der Waals surface area contributed by atoms with E-state index in [1.165, 1.54) is 36.8 Å². The van der Waals surface area contributed by atoms with Gasteiger partial charge in [-0.15, -0.1) is 5.73 Å². The van der Waals surface area contributed by atoms with Crippen LogP contribution in [0.5, 0.6) is 0 Å². The summed E-state index contributed by atoms with van der Waals surface area (Å²) in [6.45, 7) is 11.2. The molecule has 0 unspecified atom stereocenters. The highest BCUT2D eigenvalue weighted by Crippen LogP contribution is 2.26. The van der Waals surface area contributed by atoms with Crippen molar-refractivity contribution in [3.05, 3.63) is 46.7 Å². The molecule has 0 saturated carbocycles. The maximum absolute atomic E-state index is 9.14. The molecule has 1 aromatic carbocycles. The van der Waals surface area contributed by atoms with Gasteiger partial charge in [0.2, 0.25) is 0 Å². The van der Waals surface area contributed by atoms with E-state index in [-0.39, 0.29) is 5.41 Å². The van der Waals surface area contributed by atoms with E-state index in [9.17, 15) is 0 Å². The number of rotatable bonds is 7. The monoisotopic (exact) mass is 309 g/mol. The van der Waals surface area contributed by atoms with Crippen molar-refractivity contribution in [2.45, 2.75) is 73.1 Å². The lowest BCUT2D eigenvalue weighted by Crippen LogP contribution is -2.04. The van der Waals surface area contributed by atoms with Crippen LogP contribution in [0.3, 0.4) is 0 Å². The highest BCUT2D eigenvalue weighted by molar-refractivity contribution is 5.66. The van der Waals surface area contributed by atoms with Crippen molar-refractivity contribution in [1.29, 1.82) is 5.26 Å². The van der Waals surface area contributed by atoms with Crippen LogP contribution in [0.1, 0.15) is 84.3 Å². The first-order valence-corrected chi connectivity index (χ1v) is 8.81. The van der Waals surface area contributed by atoms with Crippen molar-refractivity contribution < 1.29 is 0 Å². The summed E-state index contributed by atoms with van der Waals surface area (Å²) in [5.74, 6) is 0. The molecule has 0 atom stereocenters. The Bertz CT molecular complexity index is 602. The minimum Gasteiger partial charge on any atom is -0.192 e. The molecule has 124 valence electrons. The Morgan fingerprint density at radius 1 is 1.13 bits per heavy atom. The minimum absolute atomic E-state index is 0.277. The van der Waals surface area contributed by atoms with Gasteiger partial charge in [-0.25, -0.2) is 0 Å². The van der Waals surface area contributed by atoms with Crippen molar-refractivity contribution in [1.82, 2.24) is 0 Å². The van der Waals surface area contributed by atoms with Crippen LogP contribution in [-0.2, 0) is 0 Å². The van der Waals surface area contributed by atoms with Crippen molar-refractivity contribution in [3.63, 3.8) is 0 Å². The standard InChI is InChI=1S/C22H31N/c1-6-7-8-9-12-20(14-18(2)16-22(3,4)5)21-13-10-11-19(15-21)17-23/h10-11,13,15H,6-9,12,16H2,1-5H3. The van der Waals surface area contributed by atoms with Crippen LogP contribution in [0, 0.1) is 16.7 Å². The molecule has 0 spiro atoms. The van der Waals surface area contributed by atoms with Crippen LogP contribution in [0.25, 0.3) is 5.57 Å². The van der Waals surface area contributed by atoms with Crippen LogP contribution >= 0.6 is 0 Å². The molecule has 1 aromatic rings. The molecule has 0 N–H and O–H groups in total. The number of hydrogen-bond acceptors (Lipinski definition) is 1. The molecule has 23 heavy (non-hydrogen) atoms. The second-order valence-corrected chi connectivity index (χ2v) is 7.62. The molecule has 1 rings (SSSR count). The molecule has 0 bridgehead atoms. The van der Waals surface area contributed by atoms with Crippen LogP contribution < -0.4 is 0 Å². The molecule has 0 saturated heterocycles. The lowest BCUT2D eigenvalue weighted by Gasteiger charge is -2.17. The molecule has 0 fully saturated rings. The Hall–Kier alpha value is -1.77. The zero-order valence-corrected chi connectivity index (χ0v) is 15.5. The number of unbranched alkanes of at least 4 members (excludes halogenated alkanes) is 3. The van der Waals surface area contributed by atoms with Gasteiger partial charge in [-0.05, 0) is 54.9 Å². The summed E-state index contributed by atoms with van der Waals surface area (Å²) >= 11 is 0. The van der Waals surface area contributed by atoms with E-state index in [0.717, 1.165) is 24.0 Å². The first-order valence-electron chi connectivity index (χ1n) is 8.81. The fourth-order valence-corrected chi connectivity index (χ4v) is 2.88. The Morgan fingerprint density at radius 2 is 1.87 bits per heavy atom. The van der Waals surface area contributed by atoms with Crippen molar-refractivity contribution >= 4 is 5.57 Å². The topological polar surface area (TPSA) is 23.8 Å². The maximum atomic E-state index is 9.14. The van der Waals surface area contributed by atoms with Crippen LogP contribution in [0.2, 0.25) is 0 Å². The van der Waals surface area contributed by atoms with E-state index in [0.29, 0.717) is 0 Å². The number of nitrogens with zero attached hydrogens (tertiary/aromatic N) is 1. The Balaban J connectivity index is 3.10. The van der Waals surface area contributed by atoms with Gasteiger partial charge in [0, 0.05) is 5.57 Å². The van der Waals surface area contributed by atoms with Gasteiger partial charge in [0.1, 0.15) is 0 Å². The predicted octanol–water partition coefficient (Wildman–Crippen LogP) is 6.89. The zero-order chi connectivity index (χ0) is 17.3. The number of hydrogen-bond donors (Lipinski definition) is 0. The molecular weight excluding hydrogens is 278 g/mol. The third-order valence-electron chi connectivity index (χ3n) is 3.78. The summed E-state index contributed by atoms with van der Waals surface area (Å²) in [4.78, 5) is 0. The van der Waals surface area contributed by atoms with Gasteiger partial charge in [-0.2, -0.15) is 5.26 Å². The summed E-state index contributed by atoms with van der Waals surface area (Å²) in [7, 11) is 0. The first kappa shape index (κ1) is 19.3. The first-order chi connectivity index (χ1) is 10.9. The molecular formula is C22H31N. The molecule has 0 amide bonds. The zero-order valence-electron chi connectivity index (χ0n) is 15.5. The van der Waals surface area contributed by atoms with Gasteiger partial charge in [-0.3, -0.25) is 0 Å². The van der Waals surface area contributed by atoms with Crippen LogP contribution in [0.4, 0.5) is 0 Å². The number of allylic oxidation sites excluding steroid dienone is 1. The van der Waals surface area contributed by atoms with E-state index in [1.807, 2.05) is 18.2 Å². The molecule has 0 aliphatic rings. The highest BCUT2D eigenvalue weighted by atomic mass is 14.2. The average molecular weight is 309 g/mol. The summed E-state index contributed by atoms with van der Waals surface area (Å²) in [5.41, 5.74) is 8.34. The van der Waals surface area contributed by atoms with Gasteiger partial charge in [0.15, 0.2) is 0 Å². The third-order valence-corrected chi connectivity index (χ3v) is 3.78. The largest absolute Gasteiger partial charge is 0.192 e. The highest BCUT2D eigenvalue weighted by Gasteiger charge is 2.11. The minimum atomic E-state index is 0.277. The van der Waals surface area contributed by atoms with E-state index < -0.39 is 0 Å². The van der Waals surface area contributed by atoms with E-state index >= 15 is 0 Å². The number of nitriles is 1. The van der Waals surface area contributed by atoms with Crippen LogP contribution in [-0.4, -0.2) is 0 Å². The fourth-order valence-electron chi connectivity index (χ4n) is 2.88. The van der Waals surface area contributed by atoms with E-state index in [2.05, 4.69) is 52.5 Å². The van der Waals surface area contributed by atoms with Crippen molar-refractivity contribution in [3.8, 4) is 6.07 Å². The summed E-state index contributed by atoms with van der Waals surface area (Å²) < 4.78 is 0. The lowest BCUT2D eigenvalue weighted by atomic mass is 9.88. The fraction of sp³-hybridized carbons (Fsp3) is 0.545. The van der Waals surface area contributed by atoms with Gasteiger partial charge >= 0.3 is 0 Å². The normalized spacial score (nSPS) is 10.8. The molecule has 0 aliphatic carbocycles. The van der Waals surface area contributed by atoms with Crippen molar-refractivity contribution in [2.75, 3.05) is 0 Å². The number of benzene rings is 1. The van der Waals surface area contributed by atoms with Gasteiger partial charge < -0.3 is 0 Å². The Labute approximate surface area is 142 Å². The Kier molecular flexibility index (Phi) is 7.87. The van der Waals surface area contributed by atoms with Crippen molar-refractivity contribution in [2.24, 2.45) is 5.41 Å². The molecule has 0 aliphatic heterocycles. The molecule has 1 nitrogen and oxygen atoms in total. The quantitative estimate of drug-likeness (QED) is 0.397. The average Bonchev–Trinajstić information content (AvgIpc) is 2.48. The summed E-state index contributed by atoms with van der Waals surface area (Å²) in [5, 5.41) is 9.14. The van der Waals surface area contributed by atoms with Gasteiger partial charge in [-0.1, -0.05) is 59.1 Å². The van der Waals surface area contributed by atoms with Gasteiger partial charge in [0.05, 0.1) is 11.6 Å². The molecule has 0 radical (unpaired) electrons. The Morgan fingerprint density at radius 3 is 2.48 bits per heavy atom. The lowest BCUT2D eigenvalue weighted by molar-refractivity contribution is 0.410. The second kappa shape index (κ2) is 9.39. The molecule has 1 heteroatoms. The SMILES string of the molecule is CCCCCCC(=C=C(C)CC(C)(C)C)c1cccc(C#N)c1. The second-order valence-electron chi connectivity index (χ2n) is 7.62.